The van der Waals surface area contributed by atoms with E-state index in [9.17, 15) is 26.4 Å². The number of sulfone groups is 2. The van der Waals surface area contributed by atoms with Crippen LogP contribution in [0.5, 0.6) is 0 Å². The second-order valence-electron chi connectivity index (χ2n) is 8.95. The maximum atomic E-state index is 13.7. The fourth-order valence-electron chi connectivity index (χ4n) is 4.87. The average Bonchev–Trinajstić information content (AvgIpc) is 3.08. The number of carbonyl (C=O) groups excluding carboxylic acids is 2. The first-order valence-corrected chi connectivity index (χ1v) is 14.5. The molecule has 2 atom stereocenters. The molecule has 2 unspecified atom stereocenters. The molecule has 0 aromatic heterocycles. The molecular formula is C24H25ClO6S2. The molecule has 176 valence electrons. The number of fused-ring (bicyclic) bond motifs is 1. The molecule has 0 spiro atoms. The second kappa shape index (κ2) is 8.64. The number of hydrogen-bond donors (Lipinski definition) is 0. The van der Waals surface area contributed by atoms with E-state index >= 15 is 0 Å². The predicted molar refractivity (Wildman–Crippen MR) is 125 cm³/mol. The van der Waals surface area contributed by atoms with Gasteiger partial charge in [-0.05, 0) is 54.5 Å². The highest BCUT2D eigenvalue weighted by molar-refractivity contribution is 7.92. The van der Waals surface area contributed by atoms with Gasteiger partial charge >= 0.3 is 0 Å². The van der Waals surface area contributed by atoms with Gasteiger partial charge in [0.2, 0.25) is 0 Å². The molecule has 1 heterocycles. The molecule has 2 aliphatic rings. The summed E-state index contributed by atoms with van der Waals surface area (Å²) in [5.41, 5.74) is 1.00. The van der Waals surface area contributed by atoms with E-state index in [0.29, 0.717) is 17.5 Å². The van der Waals surface area contributed by atoms with E-state index < -0.39 is 42.4 Å². The van der Waals surface area contributed by atoms with E-state index in [4.69, 9.17) is 11.6 Å². The van der Waals surface area contributed by atoms with Crippen LogP contribution in [0.25, 0.3) is 0 Å². The number of rotatable bonds is 5. The molecular weight excluding hydrogens is 484 g/mol. The summed E-state index contributed by atoms with van der Waals surface area (Å²) in [6.07, 6.45) is 0.866. The summed E-state index contributed by atoms with van der Waals surface area (Å²) in [6, 6.07) is 9.32. The SMILES string of the molecule is CC(C)c1ccccc1S(=O)(=O)C1CCCC(=O)C1C(=O)c1ccc2c(c1Cl)CCS2(=O)=O. The van der Waals surface area contributed by atoms with Gasteiger partial charge in [0.15, 0.2) is 25.5 Å². The van der Waals surface area contributed by atoms with Gasteiger partial charge in [-0.15, -0.1) is 0 Å². The minimum Gasteiger partial charge on any atom is -0.299 e. The average molecular weight is 509 g/mol. The van der Waals surface area contributed by atoms with Crippen LogP contribution in [0.15, 0.2) is 46.2 Å². The monoisotopic (exact) mass is 508 g/mol. The van der Waals surface area contributed by atoms with E-state index in [1.54, 1.807) is 18.2 Å². The third-order valence-electron chi connectivity index (χ3n) is 6.58. The number of hydrogen-bond acceptors (Lipinski definition) is 6. The number of ketones is 2. The highest BCUT2D eigenvalue weighted by Gasteiger charge is 2.46. The van der Waals surface area contributed by atoms with Gasteiger partial charge in [0.25, 0.3) is 0 Å². The largest absolute Gasteiger partial charge is 0.299 e. The van der Waals surface area contributed by atoms with Gasteiger partial charge in [0, 0.05) is 12.0 Å². The van der Waals surface area contributed by atoms with Crippen LogP contribution in [-0.4, -0.2) is 39.4 Å². The lowest BCUT2D eigenvalue weighted by Gasteiger charge is -2.30. The van der Waals surface area contributed by atoms with Gasteiger partial charge < -0.3 is 0 Å². The number of benzene rings is 2. The van der Waals surface area contributed by atoms with Crippen molar-refractivity contribution in [1.29, 1.82) is 0 Å². The molecule has 0 saturated heterocycles. The van der Waals surface area contributed by atoms with Crippen LogP contribution in [0.1, 0.15) is 60.5 Å². The Balaban J connectivity index is 1.80. The van der Waals surface area contributed by atoms with Crippen LogP contribution in [0, 0.1) is 5.92 Å². The lowest BCUT2D eigenvalue weighted by Crippen LogP contribution is -2.43. The van der Waals surface area contributed by atoms with Crippen molar-refractivity contribution < 1.29 is 26.4 Å². The van der Waals surface area contributed by atoms with Crippen LogP contribution >= 0.6 is 11.6 Å². The van der Waals surface area contributed by atoms with Crippen LogP contribution in [0.2, 0.25) is 5.02 Å². The first-order valence-electron chi connectivity index (χ1n) is 10.9. The predicted octanol–water partition coefficient (Wildman–Crippen LogP) is 4.19. The van der Waals surface area contributed by atoms with Crippen molar-refractivity contribution in [2.24, 2.45) is 5.92 Å². The summed E-state index contributed by atoms with van der Waals surface area (Å²) in [7, 11) is -7.44. The standard InChI is InChI=1S/C24H25ClO6S2/c1-14(2)15-6-3-4-8-20(15)33(30,31)21-9-5-7-18(26)22(21)24(27)17-10-11-19-16(23(17)25)12-13-32(19,28)29/h3-4,6,8,10-11,14,21-22H,5,7,9,12-13H2,1-2H3. The van der Waals surface area contributed by atoms with E-state index in [1.807, 2.05) is 13.8 Å². The Morgan fingerprint density at radius 3 is 2.48 bits per heavy atom. The van der Waals surface area contributed by atoms with E-state index in [-0.39, 0.29) is 51.3 Å². The summed E-state index contributed by atoms with van der Waals surface area (Å²) >= 11 is 6.44. The summed E-state index contributed by atoms with van der Waals surface area (Å²) < 4.78 is 51.9. The summed E-state index contributed by atoms with van der Waals surface area (Å²) in [4.78, 5) is 26.8. The molecule has 1 aliphatic carbocycles. The topological polar surface area (TPSA) is 102 Å². The van der Waals surface area contributed by atoms with E-state index in [1.165, 1.54) is 18.2 Å². The first kappa shape index (κ1) is 24.1. The Hall–Kier alpha value is -2.03. The van der Waals surface area contributed by atoms with Crippen molar-refractivity contribution in [3.05, 3.63) is 58.1 Å². The third kappa shape index (κ3) is 4.06. The number of carbonyl (C=O) groups is 2. The van der Waals surface area contributed by atoms with Crippen LogP contribution < -0.4 is 0 Å². The van der Waals surface area contributed by atoms with Gasteiger partial charge in [-0.2, -0.15) is 0 Å². The number of halogens is 1. The minimum absolute atomic E-state index is 0.00400. The molecule has 6 nitrogen and oxygen atoms in total. The third-order valence-corrected chi connectivity index (χ3v) is 11.1. The molecule has 0 N–H and O–H groups in total. The fourth-order valence-corrected chi connectivity index (χ4v) is 9.16. The first-order chi connectivity index (χ1) is 15.5. The molecule has 9 heteroatoms. The zero-order valence-corrected chi connectivity index (χ0v) is 20.8. The van der Waals surface area contributed by atoms with Gasteiger partial charge in [-0.25, -0.2) is 16.8 Å². The normalized spacial score (nSPS) is 22.4. The van der Waals surface area contributed by atoms with Gasteiger partial charge in [0.1, 0.15) is 5.78 Å². The van der Waals surface area contributed by atoms with E-state index in [2.05, 4.69) is 0 Å². The molecule has 0 radical (unpaired) electrons. The van der Waals surface area contributed by atoms with Crippen molar-refractivity contribution in [3.8, 4) is 0 Å². The van der Waals surface area contributed by atoms with E-state index in [0.717, 1.165) is 0 Å². The summed E-state index contributed by atoms with van der Waals surface area (Å²) in [6.45, 7) is 3.78. The van der Waals surface area contributed by atoms with Crippen molar-refractivity contribution >= 4 is 42.8 Å². The minimum atomic E-state index is -4.00. The smallest absolute Gasteiger partial charge is 0.182 e. The lowest BCUT2D eigenvalue weighted by molar-refractivity contribution is -0.122. The summed E-state index contributed by atoms with van der Waals surface area (Å²) in [5.74, 6) is -2.61. The molecule has 1 saturated carbocycles. The van der Waals surface area contributed by atoms with Gasteiger partial charge in [-0.3, -0.25) is 9.59 Å². The quantitative estimate of drug-likeness (QED) is 0.443. The molecule has 2 aromatic rings. The maximum Gasteiger partial charge on any atom is 0.182 e. The Labute approximate surface area is 199 Å². The fraction of sp³-hybridized carbons (Fsp3) is 0.417. The molecule has 0 amide bonds. The van der Waals surface area contributed by atoms with Gasteiger partial charge in [-0.1, -0.05) is 43.6 Å². The maximum absolute atomic E-state index is 13.7. The van der Waals surface area contributed by atoms with Crippen LogP contribution in [-0.2, 0) is 30.9 Å². The highest BCUT2D eigenvalue weighted by atomic mass is 35.5. The summed E-state index contributed by atoms with van der Waals surface area (Å²) in [5, 5.41) is -1.20. The Kier molecular flexibility index (Phi) is 6.31. The molecule has 1 aliphatic heterocycles. The molecule has 0 bridgehead atoms. The zero-order chi connectivity index (χ0) is 24.1. The highest BCUT2D eigenvalue weighted by Crippen LogP contribution is 2.39. The second-order valence-corrected chi connectivity index (χ2v) is 13.5. The van der Waals surface area contributed by atoms with Crippen molar-refractivity contribution in [2.75, 3.05) is 5.75 Å². The number of Topliss-reactive ketones (excluding diaryl/α,β-unsaturated/α-hetero) is 2. The molecule has 33 heavy (non-hydrogen) atoms. The van der Waals surface area contributed by atoms with Gasteiger partial charge in [0.05, 0.1) is 31.7 Å². The van der Waals surface area contributed by atoms with Crippen LogP contribution in [0.4, 0.5) is 0 Å². The molecule has 2 aromatic carbocycles. The van der Waals surface area contributed by atoms with Crippen molar-refractivity contribution in [3.63, 3.8) is 0 Å². The Morgan fingerprint density at radius 1 is 1.09 bits per heavy atom. The van der Waals surface area contributed by atoms with Crippen molar-refractivity contribution in [1.82, 2.24) is 0 Å². The molecule has 1 fully saturated rings. The molecule has 4 rings (SSSR count). The van der Waals surface area contributed by atoms with Crippen molar-refractivity contribution in [2.45, 2.75) is 60.5 Å². The Bertz CT molecular complexity index is 1360. The zero-order valence-electron chi connectivity index (χ0n) is 18.4. The lowest BCUT2D eigenvalue weighted by atomic mass is 9.82. The Morgan fingerprint density at radius 2 is 1.79 bits per heavy atom. The van der Waals surface area contributed by atoms with Crippen LogP contribution in [0.3, 0.4) is 0 Å².